The van der Waals surface area contributed by atoms with E-state index in [2.05, 4.69) is 32.0 Å². The predicted octanol–water partition coefficient (Wildman–Crippen LogP) is 5.13. The van der Waals surface area contributed by atoms with Gasteiger partial charge in [0, 0.05) is 28.4 Å². The zero-order valence-corrected chi connectivity index (χ0v) is 18.2. The molecule has 0 saturated carbocycles. The Morgan fingerprint density at radius 2 is 1.97 bits per heavy atom. The Labute approximate surface area is 184 Å². The Morgan fingerprint density at radius 3 is 2.68 bits per heavy atom. The molecular weight excluding hydrogens is 408 g/mol. The zero-order chi connectivity index (χ0) is 22.1. The summed E-state index contributed by atoms with van der Waals surface area (Å²) in [4.78, 5) is 17.1. The summed E-state index contributed by atoms with van der Waals surface area (Å²) in [7, 11) is 1.28. The molecule has 0 unspecified atom stereocenters. The van der Waals surface area contributed by atoms with Gasteiger partial charge in [0.15, 0.2) is 5.69 Å². The molecule has 0 radical (unpaired) electrons. The fourth-order valence-corrected chi connectivity index (χ4v) is 4.17. The van der Waals surface area contributed by atoms with Crippen molar-refractivity contribution < 1.29 is 9.53 Å². The summed E-state index contributed by atoms with van der Waals surface area (Å²) in [5.41, 5.74) is 12.5. The lowest BCUT2D eigenvalue weighted by atomic mass is 10.1. The monoisotopic (exact) mass is 428 g/mol. The highest BCUT2D eigenvalue weighted by Crippen LogP contribution is 2.32. The number of nitrogens with zero attached hydrogens (tertiary/aromatic N) is 3. The minimum atomic E-state index is -0.601. The Balaban J connectivity index is 1.76. The topological polar surface area (TPSA) is 93.9 Å². The van der Waals surface area contributed by atoms with E-state index >= 15 is 0 Å². The number of ether oxygens (including phenoxy) is 1. The molecule has 154 valence electrons. The van der Waals surface area contributed by atoms with Gasteiger partial charge in [-0.1, -0.05) is 24.3 Å². The van der Waals surface area contributed by atoms with Gasteiger partial charge >= 0.3 is 5.97 Å². The number of nitrogen functional groups attached to an aromatic ring is 1. The van der Waals surface area contributed by atoms with Crippen LogP contribution >= 0.6 is 11.3 Å². The maximum absolute atomic E-state index is 12.3. The number of esters is 1. The van der Waals surface area contributed by atoms with Crippen molar-refractivity contribution in [1.29, 1.82) is 5.26 Å². The highest BCUT2D eigenvalue weighted by Gasteiger charge is 2.22. The number of carbonyl (C=O) groups excluding carboxylic acids is 1. The summed E-state index contributed by atoms with van der Waals surface area (Å²) < 4.78 is 6.45. The normalized spacial score (nSPS) is 10.6. The van der Waals surface area contributed by atoms with Gasteiger partial charge in [-0.25, -0.2) is 9.78 Å². The van der Waals surface area contributed by atoms with E-state index in [1.165, 1.54) is 18.2 Å². The van der Waals surface area contributed by atoms with Crippen LogP contribution in [0.15, 0.2) is 54.0 Å². The SMILES string of the molecule is COC(=O)c1c(N)c(C#N)cn1-c1cccc(-c2nc(-c3ccc(C)c(C)c3)cs2)c1. The second-order valence-corrected chi connectivity index (χ2v) is 8.02. The molecule has 6 nitrogen and oxygen atoms in total. The number of benzene rings is 2. The van der Waals surface area contributed by atoms with Crippen LogP contribution in [-0.2, 0) is 4.74 Å². The first kappa shape index (κ1) is 20.4. The molecule has 2 aromatic carbocycles. The van der Waals surface area contributed by atoms with Crippen molar-refractivity contribution >= 4 is 23.0 Å². The summed E-state index contributed by atoms with van der Waals surface area (Å²) >= 11 is 1.55. The van der Waals surface area contributed by atoms with E-state index in [1.54, 1.807) is 22.1 Å². The molecule has 2 N–H and O–H groups in total. The van der Waals surface area contributed by atoms with Gasteiger partial charge in [-0.2, -0.15) is 5.26 Å². The predicted molar refractivity (Wildman–Crippen MR) is 122 cm³/mol. The number of aryl methyl sites for hydroxylation is 2. The third-order valence-corrected chi connectivity index (χ3v) is 6.11. The molecule has 0 bridgehead atoms. The molecular formula is C24H20N4O2S. The summed E-state index contributed by atoms with van der Waals surface area (Å²) in [5, 5.41) is 12.2. The highest BCUT2D eigenvalue weighted by molar-refractivity contribution is 7.13. The van der Waals surface area contributed by atoms with Crippen molar-refractivity contribution in [2.75, 3.05) is 12.8 Å². The first-order valence-corrected chi connectivity index (χ1v) is 10.4. The third-order valence-electron chi connectivity index (χ3n) is 5.22. The number of hydrogen-bond acceptors (Lipinski definition) is 6. The largest absolute Gasteiger partial charge is 0.464 e. The highest BCUT2D eigenvalue weighted by atomic mass is 32.1. The minimum absolute atomic E-state index is 0.103. The van der Waals surface area contributed by atoms with E-state index in [1.807, 2.05) is 35.7 Å². The second kappa shape index (κ2) is 8.09. The molecule has 31 heavy (non-hydrogen) atoms. The number of rotatable bonds is 4. The maximum Gasteiger partial charge on any atom is 0.357 e. The van der Waals surface area contributed by atoms with Crippen molar-refractivity contribution in [3.05, 3.63) is 76.4 Å². The number of aromatic nitrogens is 2. The number of hydrogen-bond donors (Lipinski definition) is 1. The lowest BCUT2D eigenvalue weighted by Crippen LogP contribution is -2.11. The van der Waals surface area contributed by atoms with Crippen LogP contribution in [0.4, 0.5) is 5.69 Å². The Hall–Kier alpha value is -3.89. The van der Waals surface area contributed by atoms with Gasteiger partial charge in [-0.15, -0.1) is 11.3 Å². The van der Waals surface area contributed by atoms with Crippen molar-refractivity contribution in [2.24, 2.45) is 0 Å². The van der Waals surface area contributed by atoms with Crippen LogP contribution in [0.5, 0.6) is 0 Å². The van der Waals surface area contributed by atoms with E-state index in [9.17, 15) is 10.1 Å². The molecule has 0 spiro atoms. The molecule has 0 atom stereocenters. The van der Waals surface area contributed by atoms with Gasteiger partial charge in [-0.05, 0) is 43.2 Å². The smallest absolute Gasteiger partial charge is 0.357 e. The van der Waals surface area contributed by atoms with Gasteiger partial charge < -0.3 is 15.0 Å². The molecule has 0 saturated heterocycles. The van der Waals surface area contributed by atoms with Crippen molar-refractivity contribution in [3.63, 3.8) is 0 Å². The number of nitrogens with two attached hydrogens (primary N) is 1. The van der Waals surface area contributed by atoms with E-state index in [-0.39, 0.29) is 16.9 Å². The van der Waals surface area contributed by atoms with Crippen LogP contribution in [0.1, 0.15) is 27.2 Å². The van der Waals surface area contributed by atoms with Gasteiger partial charge in [0.2, 0.25) is 0 Å². The molecule has 4 rings (SSSR count). The van der Waals surface area contributed by atoms with Crippen molar-refractivity contribution in [2.45, 2.75) is 13.8 Å². The van der Waals surface area contributed by atoms with Crippen LogP contribution in [0.2, 0.25) is 0 Å². The fourth-order valence-electron chi connectivity index (χ4n) is 3.35. The summed E-state index contributed by atoms with van der Waals surface area (Å²) in [6, 6.07) is 15.9. The first-order valence-electron chi connectivity index (χ1n) is 9.56. The molecule has 0 aliphatic carbocycles. The molecule has 0 fully saturated rings. The molecule has 0 aliphatic rings. The molecule has 4 aromatic rings. The zero-order valence-electron chi connectivity index (χ0n) is 17.3. The molecule has 2 heterocycles. The van der Waals surface area contributed by atoms with Crippen LogP contribution < -0.4 is 5.73 Å². The lowest BCUT2D eigenvalue weighted by Gasteiger charge is -2.09. The molecule has 0 amide bonds. The average molecular weight is 429 g/mol. The number of carbonyl (C=O) groups is 1. The standard InChI is InChI=1S/C24H20N4O2S/c1-14-7-8-16(9-15(14)2)20-13-31-23(27-20)17-5-4-6-19(10-17)28-12-18(11-25)21(26)22(28)24(29)30-3/h4-10,12-13H,26H2,1-3H3. The maximum atomic E-state index is 12.3. The van der Waals surface area contributed by atoms with Crippen LogP contribution in [0, 0.1) is 25.2 Å². The van der Waals surface area contributed by atoms with E-state index in [0.29, 0.717) is 5.69 Å². The average Bonchev–Trinajstić information content (AvgIpc) is 3.40. The summed E-state index contributed by atoms with van der Waals surface area (Å²) in [6.45, 7) is 4.18. The first-order chi connectivity index (χ1) is 14.9. The molecule has 0 aliphatic heterocycles. The Kier molecular flexibility index (Phi) is 5.32. The van der Waals surface area contributed by atoms with Gasteiger partial charge in [-0.3, -0.25) is 0 Å². The molecule has 2 aromatic heterocycles. The third kappa shape index (κ3) is 3.69. The van der Waals surface area contributed by atoms with E-state index < -0.39 is 5.97 Å². The second-order valence-electron chi connectivity index (χ2n) is 7.17. The van der Waals surface area contributed by atoms with Crippen LogP contribution in [0.3, 0.4) is 0 Å². The Morgan fingerprint density at radius 1 is 1.16 bits per heavy atom. The number of thiazole rings is 1. The minimum Gasteiger partial charge on any atom is -0.464 e. The Bertz CT molecular complexity index is 1340. The van der Waals surface area contributed by atoms with Gasteiger partial charge in [0.1, 0.15) is 11.1 Å². The van der Waals surface area contributed by atoms with Gasteiger partial charge in [0.25, 0.3) is 0 Å². The van der Waals surface area contributed by atoms with Gasteiger partial charge in [0.05, 0.1) is 24.1 Å². The summed E-state index contributed by atoms with van der Waals surface area (Å²) in [6.07, 6.45) is 1.54. The number of methoxy groups -OCH3 is 1. The van der Waals surface area contributed by atoms with Crippen molar-refractivity contribution in [1.82, 2.24) is 9.55 Å². The van der Waals surface area contributed by atoms with E-state index in [0.717, 1.165) is 21.8 Å². The van der Waals surface area contributed by atoms with Crippen LogP contribution in [-0.4, -0.2) is 22.6 Å². The summed E-state index contributed by atoms with van der Waals surface area (Å²) in [5.74, 6) is -0.601. The fraction of sp³-hybridized carbons (Fsp3) is 0.125. The lowest BCUT2D eigenvalue weighted by molar-refractivity contribution is 0.0593. The van der Waals surface area contributed by atoms with Crippen LogP contribution in [0.25, 0.3) is 27.5 Å². The molecule has 7 heteroatoms. The number of anilines is 1. The van der Waals surface area contributed by atoms with E-state index in [4.69, 9.17) is 15.5 Å². The van der Waals surface area contributed by atoms with Crippen molar-refractivity contribution in [3.8, 4) is 33.6 Å². The number of nitriles is 1. The quantitative estimate of drug-likeness (QED) is 0.455.